The lowest BCUT2D eigenvalue weighted by Gasteiger charge is -2.33. The van der Waals surface area contributed by atoms with Gasteiger partial charge >= 0.3 is 0 Å². The van der Waals surface area contributed by atoms with E-state index in [0.29, 0.717) is 37.3 Å². The van der Waals surface area contributed by atoms with Crippen molar-refractivity contribution < 1.29 is 9.59 Å². The van der Waals surface area contributed by atoms with Crippen molar-refractivity contribution in [1.29, 1.82) is 0 Å². The molecular formula is C23H33N5O3. The second-order valence-corrected chi connectivity index (χ2v) is 9.34. The number of hydrogen-bond acceptors (Lipinski definition) is 4. The zero-order valence-electron chi connectivity index (χ0n) is 19.0. The summed E-state index contributed by atoms with van der Waals surface area (Å²) >= 11 is 0. The molecule has 2 atom stereocenters. The number of H-pyrrole nitrogens is 1. The highest BCUT2D eigenvalue weighted by Gasteiger charge is 2.30. The Hall–Kier alpha value is -2.64. The monoisotopic (exact) mass is 427 g/mol. The van der Waals surface area contributed by atoms with E-state index in [4.69, 9.17) is 4.98 Å². The van der Waals surface area contributed by atoms with Gasteiger partial charge in [-0.05, 0) is 19.3 Å². The largest absolute Gasteiger partial charge is 0.342 e. The Kier molecular flexibility index (Phi) is 5.90. The number of rotatable bonds is 4. The predicted octanol–water partition coefficient (Wildman–Crippen LogP) is 2.32. The highest BCUT2D eigenvalue weighted by Crippen LogP contribution is 2.28. The second-order valence-electron chi connectivity index (χ2n) is 9.34. The summed E-state index contributed by atoms with van der Waals surface area (Å²) in [6.45, 7) is 10.2. The van der Waals surface area contributed by atoms with Crippen LogP contribution in [0, 0.1) is 11.8 Å². The van der Waals surface area contributed by atoms with Crippen molar-refractivity contribution in [2.24, 2.45) is 11.8 Å². The Labute approximate surface area is 182 Å². The summed E-state index contributed by atoms with van der Waals surface area (Å²) in [5.41, 5.74) is 2.83. The molecule has 2 aromatic heterocycles. The van der Waals surface area contributed by atoms with E-state index in [9.17, 15) is 14.4 Å². The molecule has 1 saturated heterocycles. The number of aromatic nitrogens is 3. The van der Waals surface area contributed by atoms with Crippen LogP contribution >= 0.6 is 0 Å². The Morgan fingerprint density at radius 3 is 2.68 bits per heavy atom. The van der Waals surface area contributed by atoms with Gasteiger partial charge in [-0.25, -0.2) is 9.50 Å². The van der Waals surface area contributed by atoms with Gasteiger partial charge in [0, 0.05) is 55.6 Å². The van der Waals surface area contributed by atoms with Gasteiger partial charge in [-0.1, -0.05) is 27.7 Å². The van der Waals surface area contributed by atoms with Crippen molar-refractivity contribution >= 4 is 17.5 Å². The SMILES string of the molecule is CC[C@@H](C)C(=O)N1CCC[C@@H](c2cc3nc4c(c(=O)n3[nH]2)CN(C(=O)C(C)C)CC4)C1. The maximum absolute atomic E-state index is 13.2. The van der Waals surface area contributed by atoms with Gasteiger partial charge in [0.05, 0.1) is 17.8 Å². The molecule has 31 heavy (non-hydrogen) atoms. The van der Waals surface area contributed by atoms with E-state index in [1.54, 1.807) is 4.90 Å². The van der Waals surface area contributed by atoms with E-state index in [2.05, 4.69) is 5.10 Å². The van der Waals surface area contributed by atoms with Crippen LogP contribution in [0.2, 0.25) is 0 Å². The molecule has 0 spiro atoms. The molecule has 4 rings (SSSR count). The van der Waals surface area contributed by atoms with Gasteiger partial charge < -0.3 is 9.80 Å². The van der Waals surface area contributed by atoms with Crippen molar-refractivity contribution in [2.75, 3.05) is 19.6 Å². The van der Waals surface area contributed by atoms with Gasteiger partial charge in [-0.2, -0.15) is 0 Å². The van der Waals surface area contributed by atoms with Crippen molar-refractivity contribution in [1.82, 2.24) is 24.4 Å². The molecule has 0 saturated carbocycles. The number of fused-ring (bicyclic) bond motifs is 2. The molecule has 2 aliphatic heterocycles. The Morgan fingerprint density at radius 2 is 1.97 bits per heavy atom. The Morgan fingerprint density at radius 1 is 1.19 bits per heavy atom. The fourth-order valence-corrected chi connectivity index (χ4v) is 4.68. The van der Waals surface area contributed by atoms with Gasteiger partial charge in [0.15, 0.2) is 5.65 Å². The summed E-state index contributed by atoms with van der Waals surface area (Å²) in [6.07, 6.45) is 3.36. The van der Waals surface area contributed by atoms with E-state index in [-0.39, 0.29) is 35.1 Å². The summed E-state index contributed by atoms with van der Waals surface area (Å²) in [4.78, 5) is 46.7. The normalized spacial score (nSPS) is 20.2. The molecule has 0 radical (unpaired) electrons. The molecule has 0 bridgehead atoms. The number of amides is 2. The number of nitrogens with one attached hydrogen (secondary N) is 1. The molecule has 2 aromatic rings. The maximum atomic E-state index is 13.2. The fraction of sp³-hybridized carbons (Fsp3) is 0.652. The summed E-state index contributed by atoms with van der Waals surface area (Å²) in [5, 5.41) is 3.25. The van der Waals surface area contributed by atoms with E-state index in [1.165, 1.54) is 4.52 Å². The smallest absolute Gasteiger partial charge is 0.277 e. The van der Waals surface area contributed by atoms with Crippen LogP contribution in [0.15, 0.2) is 10.9 Å². The highest BCUT2D eigenvalue weighted by atomic mass is 16.2. The number of likely N-dealkylation sites (tertiary alicyclic amines) is 1. The first-order chi connectivity index (χ1) is 14.8. The molecule has 2 aliphatic rings. The molecule has 1 fully saturated rings. The summed E-state index contributed by atoms with van der Waals surface area (Å²) < 4.78 is 1.51. The molecule has 8 nitrogen and oxygen atoms in total. The van der Waals surface area contributed by atoms with E-state index in [1.807, 2.05) is 38.7 Å². The molecule has 1 N–H and O–H groups in total. The minimum Gasteiger partial charge on any atom is -0.342 e. The van der Waals surface area contributed by atoms with Crippen molar-refractivity contribution in [3.8, 4) is 0 Å². The fourth-order valence-electron chi connectivity index (χ4n) is 4.68. The van der Waals surface area contributed by atoms with Crippen LogP contribution in [0.25, 0.3) is 5.65 Å². The number of carbonyl (C=O) groups is 2. The van der Waals surface area contributed by atoms with Gasteiger partial charge in [0.25, 0.3) is 5.56 Å². The van der Waals surface area contributed by atoms with Gasteiger partial charge in [-0.3, -0.25) is 19.5 Å². The van der Waals surface area contributed by atoms with Gasteiger partial charge in [-0.15, -0.1) is 0 Å². The van der Waals surface area contributed by atoms with Crippen molar-refractivity contribution in [3.63, 3.8) is 0 Å². The van der Waals surface area contributed by atoms with E-state index < -0.39 is 0 Å². The van der Waals surface area contributed by atoms with Gasteiger partial charge in [0.2, 0.25) is 11.8 Å². The topological polar surface area (TPSA) is 90.8 Å². The Bertz CT molecular complexity index is 1050. The summed E-state index contributed by atoms with van der Waals surface area (Å²) in [7, 11) is 0. The third-order valence-electron chi connectivity index (χ3n) is 6.79. The molecule has 8 heteroatoms. The maximum Gasteiger partial charge on any atom is 0.277 e. The van der Waals surface area contributed by atoms with Crippen LogP contribution < -0.4 is 5.56 Å². The van der Waals surface area contributed by atoms with Crippen LogP contribution in [0.3, 0.4) is 0 Å². The molecule has 168 valence electrons. The van der Waals surface area contributed by atoms with Crippen LogP contribution in [-0.2, 0) is 22.6 Å². The quantitative estimate of drug-likeness (QED) is 0.811. The molecule has 2 amide bonds. The minimum atomic E-state index is -0.129. The second kappa shape index (κ2) is 8.48. The van der Waals surface area contributed by atoms with Crippen molar-refractivity contribution in [2.45, 2.75) is 65.8 Å². The number of aromatic amines is 1. The zero-order valence-corrected chi connectivity index (χ0v) is 19.0. The lowest BCUT2D eigenvalue weighted by molar-refractivity contribution is -0.136. The Balaban J connectivity index is 1.61. The summed E-state index contributed by atoms with van der Waals surface area (Å²) in [5.74, 6) is 0.387. The average Bonchev–Trinajstić information content (AvgIpc) is 3.22. The lowest BCUT2D eigenvalue weighted by Crippen LogP contribution is -2.42. The molecule has 0 unspecified atom stereocenters. The molecule has 0 aromatic carbocycles. The first kappa shape index (κ1) is 21.6. The van der Waals surface area contributed by atoms with Crippen LogP contribution in [0.1, 0.15) is 69.8 Å². The number of hydrogen-bond donors (Lipinski definition) is 1. The predicted molar refractivity (Wildman–Crippen MR) is 118 cm³/mol. The lowest BCUT2D eigenvalue weighted by atomic mass is 9.93. The molecular weight excluding hydrogens is 394 g/mol. The highest BCUT2D eigenvalue weighted by molar-refractivity contribution is 5.79. The summed E-state index contributed by atoms with van der Waals surface area (Å²) in [6, 6.07) is 1.95. The molecule has 4 heterocycles. The van der Waals surface area contributed by atoms with Crippen LogP contribution in [-0.4, -0.2) is 55.8 Å². The van der Waals surface area contributed by atoms with Crippen LogP contribution in [0.5, 0.6) is 0 Å². The number of piperidine rings is 1. The third-order valence-corrected chi connectivity index (χ3v) is 6.79. The van der Waals surface area contributed by atoms with Crippen molar-refractivity contribution in [3.05, 3.63) is 33.4 Å². The minimum absolute atomic E-state index is 0.0361. The molecule has 0 aliphatic carbocycles. The van der Waals surface area contributed by atoms with Gasteiger partial charge in [0.1, 0.15) is 0 Å². The third kappa shape index (κ3) is 4.00. The first-order valence-corrected chi connectivity index (χ1v) is 11.5. The standard InChI is InChI=1S/C23H33N5O3/c1-5-15(4)22(30)26-9-6-7-16(12-26)19-11-20-24-18-8-10-27(21(29)14(2)3)13-17(18)23(31)28(20)25-19/h11,14-16,25H,5-10,12-13H2,1-4H3/t15-,16-/m1/s1. The zero-order chi connectivity index (χ0) is 22.3. The number of carbonyl (C=O) groups excluding carboxylic acids is 2. The van der Waals surface area contributed by atoms with E-state index >= 15 is 0 Å². The number of nitrogens with zero attached hydrogens (tertiary/aromatic N) is 4. The first-order valence-electron chi connectivity index (χ1n) is 11.5. The van der Waals surface area contributed by atoms with E-state index in [0.717, 1.165) is 37.2 Å². The van der Waals surface area contributed by atoms with Crippen LogP contribution in [0.4, 0.5) is 0 Å². The average molecular weight is 428 g/mol.